The zero-order valence-electron chi connectivity index (χ0n) is 15.3. The number of benzene rings is 1. The summed E-state index contributed by atoms with van der Waals surface area (Å²) in [5.74, 6) is -1.45. The van der Waals surface area contributed by atoms with E-state index in [0.29, 0.717) is 23.3 Å². The van der Waals surface area contributed by atoms with Gasteiger partial charge in [0.05, 0.1) is 0 Å². The van der Waals surface area contributed by atoms with Crippen LogP contribution in [0.3, 0.4) is 0 Å². The van der Waals surface area contributed by atoms with E-state index in [1.165, 1.54) is 0 Å². The average molecular weight is 361 g/mol. The zero-order chi connectivity index (χ0) is 19.4. The van der Waals surface area contributed by atoms with Crippen molar-refractivity contribution in [1.29, 1.82) is 0 Å². The van der Waals surface area contributed by atoms with Gasteiger partial charge in [0.15, 0.2) is 6.61 Å². The van der Waals surface area contributed by atoms with Crippen LogP contribution in [0.2, 0.25) is 0 Å². The van der Waals surface area contributed by atoms with Crippen molar-refractivity contribution in [1.82, 2.24) is 5.32 Å². The lowest BCUT2D eigenvalue weighted by Gasteiger charge is -2.20. The summed E-state index contributed by atoms with van der Waals surface area (Å²) in [7, 11) is 0. The standard InChI is InChI=1S/C19H23NO6/c1-5-10(2)17(18(22)23)20-16(21)9-25-13-6-7-14-11(3)12(4)19(24)26-15(14)8-13/h6-8,10,17H,5,9H2,1-4H3,(H,20,21)(H,22,23). The van der Waals surface area contributed by atoms with E-state index < -0.39 is 23.5 Å². The lowest BCUT2D eigenvalue weighted by atomic mass is 9.99. The number of fused-ring (bicyclic) bond motifs is 1. The van der Waals surface area contributed by atoms with Crippen LogP contribution >= 0.6 is 0 Å². The van der Waals surface area contributed by atoms with Gasteiger partial charge in [0.2, 0.25) is 0 Å². The van der Waals surface area contributed by atoms with Gasteiger partial charge in [0.1, 0.15) is 17.4 Å². The maximum absolute atomic E-state index is 12.0. The largest absolute Gasteiger partial charge is 0.484 e. The molecule has 26 heavy (non-hydrogen) atoms. The van der Waals surface area contributed by atoms with E-state index in [9.17, 15) is 19.5 Å². The third-order valence-electron chi connectivity index (χ3n) is 4.59. The van der Waals surface area contributed by atoms with Gasteiger partial charge >= 0.3 is 11.6 Å². The van der Waals surface area contributed by atoms with Gasteiger partial charge in [-0.15, -0.1) is 0 Å². The number of carbonyl (C=O) groups excluding carboxylic acids is 1. The fraction of sp³-hybridized carbons (Fsp3) is 0.421. The Morgan fingerprint density at radius 1 is 1.27 bits per heavy atom. The van der Waals surface area contributed by atoms with E-state index in [-0.39, 0.29) is 12.5 Å². The van der Waals surface area contributed by atoms with Crippen LogP contribution < -0.4 is 15.7 Å². The predicted octanol–water partition coefficient (Wildman–Crippen LogP) is 2.40. The Balaban J connectivity index is 2.09. The number of hydrogen-bond donors (Lipinski definition) is 2. The molecule has 0 bridgehead atoms. The molecule has 140 valence electrons. The molecule has 0 radical (unpaired) electrons. The van der Waals surface area contributed by atoms with Crippen LogP contribution in [0.25, 0.3) is 11.0 Å². The van der Waals surface area contributed by atoms with Gasteiger partial charge in [-0.3, -0.25) is 4.79 Å². The molecule has 1 aromatic carbocycles. The highest BCUT2D eigenvalue weighted by Crippen LogP contribution is 2.23. The Bertz CT molecular complexity index is 885. The van der Waals surface area contributed by atoms with Gasteiger partial charge in [-0.1, -0.05) is 20.3 Å². The molecule has 0 saturated heterocycles. The molecule has 1 heterocycles. The minimum atomic E-state index is -1.08. The second-order valence-corrected chi connectivity index (χ2v) is 6.36. The average Bonchev–Trinajstić information content (AvgIpc) is 2.61. The molecule has 2 N–H and O–H groups in total. The van der Waals surface area contributed by atoms with Crippen LogP contribution in [0.1, 0.15) is 31.4 Å². The minimum absolute atomic E-state index is 0.197. The summed E-state index contributed by atoms with van der Waals surface area (Å²) in [5.41, 5.74) is 1.34. The number of carbonyl (C=O) groups is 2. The Hall–Kier alpha value is -2.83. The number of amides is 1. The van der Waals surface area contributed by atoms with Crippen molar-refractivity contribution < 1.29 is 23.8 Å². The van der Waals surface area contributed by atoms with Crippen molar-refractivity contribution in [2.24, 2.45) is 5.92 Å². The minimum Gasteiger partial charge on any atom is -0.484 e. The molecule has 2 unspecified atom stereocenters. The Morgan fingerprint density at radius 2 is 1.96 bits per heavy atom. The molecule has 7 heteroatoms. The summed E-state index contributed by atoms with van der Waals surface area (Å²) >= 11 is 0. The number of nitrogens with one attached hydrogen (secondary N) is 1. The molecule has 0 aliphatic heterocycles. The van der Waals surface area contributed by atoms with Gasteiger partial charge in [0.25, 0.3) is 5.91 Å². The number of rotatable bonds is 7. The number of carboxylic acid groups (broad SMARTS) is 1. The second kappa shape index (κ2) is 8.03. The molecule has 1 amide bonds. The van der Waals surface area contributed by atoms with E-state index in [1.807, 2.05) is 13.8 Å². The summed E-state index contributed by atoms with van der Waals surface area (Å²) in [6, 6.07) is 4.01. The molecule has 0 fully saturated rings. The Kier molecular flexibility index (Phi) is 6.02. The molecule has 0 aliphatic carbocycles. The van der Waals surface area contributed by atoms with Crippen LogP contribution in [0.5, 0.6) is 5.75 Å². The third-order valence-corrected chi connectivity index (χ3v) is 4.59. The SMILES string of the molecule is CCC(C)C(NC(=O)COc1ccc2c(C)c(C)c(=O)oc2c1)C(=O)O. The zero-order valence-corrected chi connectivity index (χ0v) is 15.3. The van der Waals surface area contributed by atoms with Crippen molar-refractivity contribution >= 4 is 22.8 Å². The van der Waals surface area contributed by atoms with Crippen LogP contribution in [-0.4, -0.2) is 29.6 Å². The number of ether oxygens (including phenoxy) is 1. The topological polar surface area (TPSA) is 106 Å². The van der Waals surface area contributed by atoms with Crippen molar-refractivity contribution in [3.8, 4) is 5.75 Å². The quantitative estimate of drug-likeness (QED) is 0.734. The first-order valence-electron chi connectivity index (χ1n) is 8.43. The van der Waals surface area contributed by atoms with Gasteiger partial charge in [-0.25, -0.2) is 9.59 Å². The number of carboxylic acids is 1. The summed E-state index contributed by atoms with van der Waals surface area (Å²) in [6.07, 6.45) is 0.626. The molecule has 0 spiro atoms. The molecular formula is C19H23NO6. The van der Waals surface area contributed by atoms with Crippen molar-refractivity contribution in [3.05, 3.63) is 39.7 Å². The monoisotopic (exact) mass is 361 g/mol. The van der Waals surface area contributed by atoms with Crippen LogP contribution in [0, 0.1) is 19.8 Å². The highest BCUT2D eigenvalue weighted by atomic mass is 16.5. The third kappa shape index (κ3) is 4.22. The van der Waals surface area contributed by atoms with E-state index in [1.54, 1.807) is 32.0 Å². The smallest absolute Gasteiger partial charge is 0.339 e. The Morgan fingerprint density at radius 3 is 2.58 bits per heavy atom. The fourth-order valence-corrected chi connectivity index (χ4v) is 2.57. The van der Waals surface area contributed by atoms with E-state index in [2.05, 4.69) is 5.32 Å². The van der Waals surface area contributed by atoms with Gasteiger partial charge < -0.3 is 19.6 Å². The molecule has 2 atom stereocenters. The number of hydrogen-bond acceptors (Lipinski definition) is 5. The second-order valence-electron chi connectivity index (χ2n) is 6.36. The van der Waals surface area contributed by atoms with E-state index in [0.717, 1.165) is 10.9 Å². The molecule has 0 aliphatic rings. The van der Waals surface area contributed by atoms with E-state index >= 15 is 0 Å². The van der Waals surface area contributed by atoms with Gasteiger partial charge in [0, 0.05) is 17.0 Å². The van der Waals surface area contributed by atoms with Crippen molar-refractivity contribution in [2.45, 2.75) is 40.2 Å². The molecular weight excluding hydrogens is 338 g/mol. The fourth-order valence-electron chi connectivity index (χ4n) is 2.57. The first kappa shape index (κ1) is 19.5. The van der Waals surface area contributed by atoms with Crippen molar-refractivity contribution in [2.75, 3.05) is 6.61 Å². The maximum atomic E-state index is 12.0. The van der Waals surface area contributed by atoms with Gasteiger partial charge in [-0.2, -0.15) is 0 Å². The lowest BCUT2D eigenvalue weighted by Crippen LogP contribution is -2.46. The summed E-state index contributed by atoms with van der Waals surface area (Å²) < 4.78 is 10.7. The summed E-state index contributed by atoms with van der Waals surface area (Å²) in [5, 5.41) is 12.5. The molecule has 1 aromatic heterocycles. The Labute approximate surface area is 151 Å². The highest BCUT2D eigenvalue weighted by molar-refractivity contribution is 5.85. The summed E-state index contributed by atoms with van der Waals surface area (Å²) in [6.45, 7) is 6.82. The van der Waals surface area contributed by atoms with E-state index in [4.69, 9.17) is 9.15 Å². The highest BCUT2D eigenvalue weighted by Gasteiger charge is 2.25. The lowest BCUT2D eigenvalue weighted by molar-refractivity contribution is -0.143. The van der Waals surface area contributed by atoms with Crippen molar-refractivity contribution in [3.63, 3.8) is 0 Å². The van der Waals surface area contributed by atoms with Crippen LogP contribution in [0.4, 0.5) is 0 Å². The predicted molar refractivity (Wildman–Crippen MR) is 96.5 cm³/mol. The summed E-state index contributed by atoms with van der Waals surface area (Å²) in [4.78, 5) is 35.0. The molecule has 7 nitrogen and oxygen atoms in total. The molecule has 0 saturated carbocycles. The van der Waals surface area contributed by atoms with Gasteiger partial charge in [-0.05, 0) is 37.5 Å². The maximum Gasteiger partial charge on any atom is 0.339 e. The normalized spacial score (nSPS) is 13.2. The number of aliphatic carboxylic acids is 1. The number of aryl methyl sites for hydroxylation is 1. The van der Waals surface area contributed by atoms with Crippen LogP contribution in [0.15, 0.2) is 27.4 Å². The first-order valence-corrected chi connectivity index (χ1v) is 8.43. The van der Waals surface area contributed by atoms with Crippen LogP contribution in [-0.2, 0) is 9.59 Å². The molecule has 2 aromatic rings. The first-order chi connectivity index (χ1) is 12.2. The molecule has 2 rings (SSSR count).